The van der Waals surface area contributed by atoms with Gasteiger partial charge >= 0.3 is 0 Å². The lowest BCUT2D eigenvalue weighted by molar-refractivity contribution is 1.10. The van der Waals surface area contributed by atoms with Gasteiger partial charge in [0.1, 0.15) is 5.82 Å². The molecular weight excluding hydrogens is 534 g/mol. The summed E-state index contributed by atoms with van der Waals surface area (Å²) < 4.78 is 4.69. The second kappa shape index (κ2) is 9.82. The molecule has 0 spiro atoms. The van der Waals surface area contributed by atoms with E-state index in [0.29, 0.717) is 0 Å². The summed E-state index contributed by atoms with van der Waals surface area (Å²) in [6, 6.07) is 58.3. The van der Waals surface area contributed by atoms with Crippen molar-refractivity contribution in [3.8, 4) is 33.9 Å². The molecule has 0 N–H and O–H groups in total. The number of nitrogens with zero attached hydrogens (tertiary/aromatic N) is 3. The molecule has 7 aromatic carbocycles. The van der Waals surface area contributed by atoms with Crippen molar-refractivity contribution in [1.29, 1.82) is 0 Å². The fraction of sp³-hybridized carbons (Fsp3) is 0. The van der Waals surface area contributed by atoms with E-state index in [4.69, 9.17) is 4.98 Å². The number of hydrogen-bond donors (Lipinski definition) is 0. The molecular formula is C41H27N3. The first-order valence-electron chi connectivity index (χ1n) is 15.0. The van der Waals surface area contributed by atoms with Crippen molar-refractivity contribution < 1.29 is 0 Å². The lowest BCUT2D eigenvalue weighted by Gasteiger charge is -2.12. The molecule has 0 amide bonds. The van der Waals surface area contributed by atoms with Crippen molar-refractivity contribution in [3.63, 3.8) is 0 Å². The maximum absolute atomic E-state index is 5.32. The van der Waals surface area contributed by atoms with Crippen LogP contribution in [0, 0.1) is 0 Å². The van der Waals surface area contributed by atoms with Crippen molar-refractivity contribution in [3.05, 3.63) is 164 Å². The first-order valence-corrected chi connectivity index (χ1v) is 15.0. The van der Waals surface area contributed by atoms with Crippen molar-refractivity contribution >= 4 is 43.6 Å². The molecule has 2 heterocycles. The molecule has 3 heteroatoms. The van der Waals surface area contributed by atoms with Gasteiger partial charge in [0.25, 0.3) is 0 Å². The molecule has 0 radical (unpaired) electrons. The summed E-state index contributed by atoms with van der Waals surface area (Å²) in [7, 11) is 0. The predicted molar refractivity (Wildman–Crippen MR) is 184 cm³/mol. The summed E-state index contributed by atoms with van der Waals surface area (Å²) in [5.41, 5.74) is 10.2. The molecule has 0 saturated heterocycles. The van der Waals surface area contributed by atoms with Crippen LogP contribution in [0.5, 0.6) is 0 Å². The topological polar surface area (TPSA) is 22.8 Å². The van der Waals surface area contributed by atoms with Crippen LogP contribution in [-0.2, 0) is 0 Å². The van der Waals surface area contributed by atoms with Gasteiger partial charge < -0.3 is 4.57 Å². The highest BCUT2D eigenvalue weighted by atomic mass is 15.1. The first kappa shape index (κ1) is 24.6. The molecule has 9 rings (SSSR count). The monoisotopic (exact) mass is 561 g/mol. The van der Waals surface area contributed by atoms with Crippen LogP contribution in [0.1, 0.15) is 0 Å². The lowest BCUT2D eigenvalue weighted by Crippen LogP contribution is -1.98. The highest BCUT2D eigenvalue weighted by Crippen LogP contribution is 2.39. The lowest BCUT2D eigenvalue weighted by atomic mass is 10.0. The van der Waals surface area contributed by atoms with E-state index in [1.165, 1.54) is 43.7 Å². The third kappa shape index (κ3) is 3.80. The predicted octanol–water partition coefficient (Wildman–Crippen LogP) is 10.6. The van der Waals surface area contributed by atoms with Crippen LogP contribution in [0.3, 0.4) is 0 Å². The average molecular weight is 562 g/mol. The van der Waals surface area contributed by atoms with Gasteiger partial charge in [-0.15, -0.1) is 0 Å². The minimum atomic E-state index is 0.934. The quantitative estimate of drug-likeness (QED) is 0.210. The largest absolute Gasteiger partial charge is 0.309 e. The fourth-order valence-electron chi connectivity index (χ4n) is 6.72. The second-order valence-electron chi connectivity index (χ2n) is 11.3. The number of aromatic nitrogens is 3. The first-order chi connectivity index (χ1) is 21.8. The molecule has 0 fully saturated rings. The molecule has 9 aromatic rings. The van der Waals surface area contributed by atoms with E-state index < -0.39 is 0 Å². The zero-order chi connectivity index (χ0) is 29.0. The minimum Gasteiger partial charge on any atom is -0.309 e. The Hall–Kier alpha value is -5.93. The van der Waals surface area contributed by atoms with Crippen LogP contribution < -0.4 is 0 Å². The van der Waals surface area contributed by atoms with Gasteiger partial charge in [-0.3, -0.25) is 4.57 Å². The van der Waals surface area contributed by atoms with Gasteiger partial charge in [-0.1, -0.05) is 115 Å². The van der Waals surface area contributed by atoms with Gasteiger partial charge in [-0.2, -0.15) is 0 Å². The second-order valence-corrected chi connectivity index (χ2v) is 11.3. The summed E-state index contributed by atoms with van der Waals surface area (Å²) in [5.74, 6) is 0.934. The number of benzene rings is 7. The average Bonchev–Trinajstić information content (AvgIpc) is 3.64. The van der Waals surface area contributed by atoms with Crippen LogP contribution in [-0.4, -0.2) is 14.1 Å². The molecule has 0 bridgehead atoms. The third-order valence-corrected chi connectivity index (χ3v) is 8.69. The highest BCUT2D eigenvalue weighted by Gasteiger charge is 2.19. The van der Waals surface area contributed by atoms with Crippen LogP contribution in [0.25, 0.3) is 77.5 Å². The van der Waals surface area contributed by atoms with Crippen molar-refractivity contribution in [2.45, 2.75) is 0 Å². The number of rotatable bonds is 4. The Kier molecular flexibility index (Phi) is 5.50. The Balaban J connectivity index is 1.35. The summed E-state index contributed by atoms with van der Waals surface area (Å²) in [5, 5.41) is 4.91. The van der Waals surface area contributed by atoms with Crippen molar-refractivity contribution in [2.24, 2.45) is 0 Å². The molecule has 44 heavy (non-hydrogen) atoms. The van der Waals surface area contributed by atoms with Crippen molar-refractivity contribution in [2.75, 3.05) is 0 Å². The Bertz CT molecular complexity index is 2470. The van der Waals surface area contributed by atoms with Crippen LogP contribution in [0.4, 0.5) is 0 Å². The Morgan fingerprint density at radius 1 is 0.386 bits per heavy atom. The van der Waals surface area contributed by atoms with Crippen LogP contribution in [0.2, 0.25) is 0 Å². The molecule has 0 unspecified atom stereocenters. The normalized spacial score (nSPS) is 11.6. The van der Waals surface area contributed by atoms with Gasteiger partial charge in [0.05, 0.1) is 22.1 Å². The van der Waals surface area contributed by atoms with E-state index in [0.717, 1.165) is 33.8 Å². The molecule has 3 nitrogen and oxygen atoms in total. The SMILES string of the molecule is c1ccc(-c2cccc(-n3c(-c4ccccc4)nc4cc5c(ccc6c5c5ccccc5n6-c5ccccc5)cc43)c2)cc1. The maximum Gasteiger partial charge on any atom is 0.145 e. The number of imidazole rings is 1. The summed E-state index contributed by atoms with van der Waals surface area (Å²) >= 11 is 0. The number of para-hydroxylation sites is 2. The summed E-state index contributed by atoms with van der Waals surface area (Å²) in [6.07, 6.45) is 0. The summed E-state index contributed by atoms with van der Waals surface area (Å²) in [6.45, 7) is 0. The summed E-state index contributed by atoms with van der Waals surface area (Å²) in [4.78, 5) is 5.32. The van der Waals surface area contributed by atoms with Crippen LogP contribution in [0.15, 0.2) is 164 Å². The number of hydrogen-bond acceptors (Lipinski definition) is 1. The molecule has 2 aromatic heterocycles. The van der Waals surface area contributed by atoms with Gasteiger partial charge in [0.2, 0.25) is 0 Å². The maximum atomic E-state index is 5.32. The molecule has 0 aliphatic heterocycles. The molecule has 206 valence electrons. The minimum absolute atomic E-state index is 0.934. The van der Waals surface area contributed by atoms with Gasteiger partial charge in [0, 0.05) is 27.7 Å². The molecule has 0 saturated carbocycles. The molecule has 0 atom stereocenters. The zero-order valence-corrected chi connectivity index (χ0v) is 23.9. The van der Waals surface area contributed by atoms with E-state index in [2.05, 4.69) is 173 Å². The van der Waals surface area contributed by atoms with E-state index in [-0.39, 0.29) is 0 Å². The van der Waals surface area contributed by atoms with Gasteiger partial charge in [-0.25, -0.2) is 4.98 Å². The Labute approximate surface area is 254 Å². The molecule has 0 aliphatic carbocycles. The fourth-order valence-corrected chi connectivity index (χ4v) is 6.72. The smallest absolute Gasteiger partial charge is 0.145 e. The van der Waals surface area contributed by atoms with E-state index >= 15 is 0 Å². The van der Waals surface area contributed by atoms with E-state index in [1.807, 2.05) is 0 Å². The van der Waals surface area contributed by atoms with Gasteiger partial charge in [-0.05, 0) is 70.4 Å². The van der Waals surface area contributed by atoms with Gasteiger partial charge in [0.15, 0.2) is 0 Å². The van der Waals surface area contributed by atoms with Crippen molar-refractivity contribution in [1.82, 2.24) is 14.1 Å². The van der Waals surface area contributed by atoms with Crippen LogP contribution >= 0.6 is 0 Å². The van der Waals surface area contributed by atoms with E-state index in [1.54, 1.807) is 0 Å². The molecule has 0 aliphatic rings. The Morgan fingerprint density at radius 3 is 1.84 bits per heavy atom. The highest BCUT2D eigenvalue weighted by molar-refractivity contribution is 6.22. The van der Waals surface area contributed by atoms with E-state index in [9.17, 15) is 0 Å². The third-order valence-electron chi connectivity index (χ3n) is 8.69. The zero-order valence-electron chi connectivity index (χ0n) is 23.9. The number of fused-ring (bicyclic) bond motifs is 6. The Morgan fingerprint density at radius 2 is 1.05 bits per heavy atom. The standard InChI is InChI=1S/C41H27N3/c1-4-13-28(14-5-1)30-17-12-20-33(25-30)44-39-26-31-23-24-38-40(35(31)27-36(39)42-41(44)29-15-6-2-7-16-29)34-21-10-11-22-37(34)43(38)32-18-8-3-9-19-32/h1-27H.